The lowest BCUT2D eigenvalue weighted by atomic mass is 10.3. The van der Waals surface area contributed by atoms with Crippen molar-refractivity contribution in [3.63, 3.8) is 0 Å². The Balaban J connectivity index is 0.000000422. The zero-order valence-corrected chi connectivity index (χ0v) is 12.7. The molecule has 0 amide bonds. The Bertz CT molecular complexity index is 656. The summed E-state index contributed by atoms with van der Waals surface area (Å²) >= 11 is 0. The fourth-order valence-electron chi connectivity index (χ4n) is 1.20. The molecule has 3 N–H and O–H groups in total. The molecule has 0 fully saturated rings. The monoisotopic (exact) mass is 348 g/mol. The van der Waals surface area contributed by atoms with E-state index < -0.39 is 18.2 Å². The van der Waals surface area contributed by atoms with E-state index in [1.807, 2.05) is 0 Å². The highest BCUT2D eigenvalue weighted by molar-refractivity contribution is 7.82. The molecule has 10 heteroatoms. The highest BCUT2D eigenvalue weighted by Crippen LogP contribution is 2.25. The van der Waals surface area contributed by atoms with Gasteiger partial charge in [0.05, 0.1) is 0 Å². The van der Waals surface area contributed by atoms with E-state index in [1.54, 1.807) is 36.4 Å². The van der Waals surface area contributed by atoms with E-state index in [1.165, 1.54) is 24.3 Å². The van der Waals surface area contributed by atoms with E-state index in [2.05, 4.69) is 0 Å². The van der Waals surface area contributed by atoms with Crippen LogP contribution in [0.2, 0.25) is 0 Å². The molecule has 0 heterocycles. The van der Waals surface area contributed by atoms with Crippen LogP contribution in [0.25, 0.3) is 0 Å². The normalized spacial score (nSPS) is 11.0. The summed E-state index contributed by atoms with van der Waals surface area (Å²) in [6.07, 6.45) is 0. The summed E-state index contributed by atoms with van der Waals surface area (Å²) in [7, 11) is -8.73. The molecule has 0 spiro atoms. The quantitative estimate of drug-likeness (QED) is 0.708. The van der Waals surface area contributed by atoms with Gasteiger partial charge in [0.1, 0.15) is 11.5 Å². The van der Waals surface area contributed by atoms with Crippen molar-refractivity contribution in [1.29, 1.82) is 0 Å². The van der Waals surface area contributed by atoms with Gasteiger partial charge in [-0.05, 0) is 24.3 Å². The first kappa shape index (κ1) is 18.1. The first-order valence-electron chi connectivity index (χ1n) is 5.68. The zero-order valence-electron chi connectivity index (χ0n) is 11.0. The highest BCUT2D eigenvalue weighted by Gasteiger charge is 2.14. The lowest BCUT2D eigenvalue weighted by Crippen LogP contribution is -2.16. The van der Waals surface area contributed by atoms with Crippen LogP contribution in [0.3, 0.4) is 0 Å². The Morgan fingerprint density at radius 3 is 1.27 bits per heavy atom. The van der Waals surface area contributed by atoms with Gasteiger partial charge >= 0.3 is 18.2 Å². The second kappa shape index (κ2) is 7.92. The second-order valence-corrected chi connectivity index (χ2v) is 5.89. The summed E-state index contributed by atoms with van der Waals surface area (Å²) in [6, 6.07) is 16.4. The van der Waals surface area contributed by atoms with Crippen molar-refractivity contribution in [2.75, 3.05) is 0 Å². The van der Waals surface area contributed by atoms with Crippen LogP contribution in [-0.2, 0) is 15.0 Å². The summed E-state index contributed by atoms with van der Waals surface area (Å²) in [4.78, 5) is 21.6. The lowest BCUT2D eigenvalue weighted by molar-refractivity contribution is 0.275. The molecule has 2 rings (SSSR count). The maximum Gasteiger partial charge on any atom is 0.500 e. The first-order valence-corrected chi connectivity index (χ1v) is 8.58. The van der Waals surface area contributed by atoms with Crippen LogP contribution in [0.15, 0.2) is 60.7 Å². The standard InChI is InChI=1S/C12H10O4S.H3O4P/c13-17(14,15-11-7-3-1-4-8-11)16-12-9-5-2-6-10-12;1-5(2,3)4/h1-10H;(H3,1,2,3,4). The summed E-state index contributed by atoms with van der Waals surface area (Å²) < 4.78 is 41.4. The van der Waals surface area contributed by atoms with Gasteiger partial charge in [-0.2, -0.15) is 0 Å². The van der Waals surface area contributed by atoms with Crippen molar-refractivity contribution in [2.45, 2.75) is 0 Å². The molecule has 8 nitrogen and oxygen atoms in total. The van der Waals surface area contributed by atoms with E-state index >= 15 is 0 Å². The van der Waals surface area contributed by atoms with Gasteiger partial charge in [0.2, 0.25) is 0 Å². The molecule has 2 aromatic rings. The van der Waals surface area contributed by atoms with E-state index in [0.29, 0.717) is 0 Å². The Hall–Kier alpha value is -1.90. The van der Waals surface area contributed by atoms with Crippen LogP contribution in [0.5, 0.6) is 11.5 Å². The molecule has 22 heavy (non-hydrogen) atoms. The summed E-state index contributed by atoms with van der Waals surface area (Å²) in [6.45, 7) is 0. The maximum atomic E-state index is 11.5. The number of benzene rings is 2. The molecule has 0 aliphatic rings. The van der Waals surface area contributed by atoms with Crippen LogP contribution in [0, 0.1) is 0 Å². The van der Waals surface area contributed by atoms with Gasteiger partial charge in [0, 0.05) is 0 Å². The predicted molar refractivity (Wildman–Crippen MR) is 77.3 cm³/mol. The minimum absolute atomic E-state index is 0.212. The third-order valence-corrected chi connectivity index (χ3v) is 2.68. The molecule has 0 aromatic heterocycles. The van der Waals surface area contributed by atoms with E-state index in [-0.39, 0.29) is 11.5 Å². The van der Waals surface area contributed by atoms with Crippen LogP contribution in [0.4, 0.5) is 0 Å². The molecule has 0 aliphatic carbocycles. The van der Waals surface area contributed by atoms with Gasteiger partial charge in [0.15, 0.2) is 0 Å². The maximum absolute atomic E-state index is 11.5. The summed E-state index contributed by atoms with van der Waals surface area (Å²) in [5.74, 6) is 0.423. The van der Waals surface area contributed by atoms with Gasteiger partial charge in [-0.25, -0.2) is 4.57 Å². The number of phosphoric acid groups is 1. The van der Waals surface area contributed by atoms with Gasteiger partial charge in [-0.15, -0.1) is 8.42 Å². The van der Waals surface area contributed by atoms with Crippen molar-refractivity contribution in [1.82, 2.24) is 0 Å². The fourth-order valence-corrected chi connectivity index (χ4v) is 1.93. The Kier molecular flexibility index (Phi) is 6.54. The number of hydrogen-bond donors (Lipinski definition) is 3. The van der Waals surface area contributed by atoms with Crippen LogP contribution in [-0.4, -0.2) is 23.1 Å². The fraction of sp³-hybridized carbons (Fsp3) is 0. The van der Waals surface area contributed by atoms with Crippen molar-refractivity contribution in [2.24, 2.45) is 0 Å². The number of para-hydroxylation sites is 2. The molecular weight excluding hydrogens is 335 g/mol. The molecule has 0 atom stereocenters. The molecular formula is C12H13O8PS. The van der Waals surface area contributed by atoms with Crippen LogP contribution >= 0.6 is 7.82 Å². The Labute approximate surface area is 127 Å². The first-order chi connectivity index (χ1) is 10.2. The van der Waals surface area contributed by atoms with Crippen molar-refractivity contribution in [3.05, 3.63) is 60.7 Å². The second-order valence-electron chi connectivity index (χ2n) is 3.71. The minimum atomic E-state index is -4.64. The average molecular weight is 348 g/mol. The molecule has 0 unspecified atom stereocenters. The predicted octanol–water partition coefficient (Wildman–Crippen LogP) is 1.46. The molecule has 2 aromatic carbocycles. The lowest BCUT2D eigenvalue weighted by Gasteiger charge is -2.07. The minimum Gasteiger partial charge on any atom is -0.353 e. The molecule has 0 radical (unpaired) electrons. The summed E-state index contributed by atoms with van der Waals surface area (Å²) in [5.41, 5.74) is 0. The van der Waals surface area contributed by atoms with Gasteiger partial charge in [-0.1, -0.05) is 36.4 Å². The van der Waals surface area contributed by atoms with E-state index in [0.717, 1.165) is 0 Å². The molecule has 0 aliphatic heterocycles. The van der Waals surface area contributed by atoms with Gasteiger partial charge < -0.3 is 23.0 Å². The summed E-state index contributed by atoms with van der Waals surface area (Å²) in [5, 5.41) is 0. The molecule has 0 saturated heterocycles. The molecule has 120 valence electrons. The SMILES string of the molecule is O=P(O)(O)O.O=S(=O)(Oc1ccccc1)Oc1ccccc1. The highest BCUT2D eigenvalue weighted by atomic mass is 32.3. The number of rotatable bonds is 4. The van der Waals surface area contributed by atoms with Crippen molar-refractivity contribution in [3.8, 4) is 11.5 Å². The Morgan fingerprint density at radius 2 is 1.00 bits per heavy atom. The van der Waals surface area contributed by atoms with E-state index in [9.17, 15) is 8.42 Å². The Morgan fingerprint density at radius 1 is 0.727 bits per heavy atom. The zero-order chi connectivity index (χ0) is 16.6. The average Bonchev–Trinajstić information content (AvgIpc) is 2.38. The third kappa shape index (κ3) is 9.11. The van der Waals surface area contributed by atoms with Crippen LogP contribution < -0.4 is 8.37 Å². The van der Waals surface area contributed by atoms with Gasteiger partial charge in [-0.3, -0.25) is 0 Å². The molecule has 0 saturated carbocycles. The molecule has 0 bridgehead atoms. The van der Waals surface area contributed by atoms with E-state index in [4.69, 9.17) is 27.6 Å². The van der Waals surface area contributed by atoms with Crippen LogP contribution in [0.1, 0.15) is 0 Å². The van der Waals surface area contributed by atoms with Crippen molar-refractivity contribution >= 4 is 18.2 Å². The largest absolute Gasteiger partial charge is 0.500 e. The van der Waals surface area contributed by atoms with Gasteiger partial charge in [0.25, 0.3) is 0 Å². The topological polar surface area (TPSA) is 130 Å². The third-order valence-electron chi connectivity index (χ3n) is 1.88. The number of hydrogen-bond acceptors (Lipinski definition) is 5. The van der Waals surface area contributed by atoms with Crippen molar-refractivity contribution < 1.29 is 36.0 Å². The smallest absolute Gasteiger partial charge is 0.353 e.